The van der Waals surface area contributed by atoms with Gasteiger partial charge in [-0.25, -0.2) is 0 Å². The van der Waals surface area contributed by atoms with Gasteiger partial charge < -0.3 is 10.4 Å². The van der Waals surface area contributed by atoms with Crippen molar-refractivity contribution in [3.8, 4) is 0 Å². The molecule has 19 heavy (non-hydrogen) atoms. The second-order valence-corrected chi connectivity index (χ2v) is 4.74. The Morgan fingerprint density at radius 3 is 2.16 bits per heavy atom. The summed E-state index contributed by atoms with van der Waals surface area (Å²) in [6.45, 7) is 5.43. The summed E-state index contributed by atoms with van der Waals surface area (Å²) in [5.41, 5.74) is -0.162. The van der Waals surface area contributed by atoms with E-state index < -0.39 is 17.4 Å². The fourth-order valence-electron chi connectivity index (χ4n) is 2.27. The van der Waals surface area contributed by atoms with Crippen LogP contribution in [0.5, 0.6) is 0 Å². The Kier molecular flexibility index (Phi) is 5.10. The topological polar surface area (TPSA) is 66.4 Å². The molecule has 1 atom stereocenters. The van der Waals surface area contributed by atoms with Gasteiger partial charge >= 0.3 is 5.97 Å². The molecular weight excluding hydrogens is 242 g/mol. The van der Waals surface area contributed by atoms with E-state index in [9.17, 15) is 14.7 Å². The van der Waals surface area contributed by atoms with Crippen LogP contribution in [0.1, 0.15) is 44.0 Å². The summed E-state index contributed by atoms with van der Waals surface area (Å²) in [5.74, 6) is -1.75. The molecule has 0 spiro atoms. The van der Waals surface area contributed by atoms with Gasteiger partial charge in [0.25, 0.3) is 5.91 Å². The number of carboxylic acid groups (broad SMARTS) is 1. The molecule has 0 aromatic heterocycles. The van der Waals surface area contributed by atoms with Crippen LogP contribution in [0.3, 0.4) is 0 Å². The Labute approximate surface area is 113 Å². The summed E-state index contributed by atoms with van der Waals surface area (Å²) >= 11 is 0. The number of nitrogens with one attached hydrogen (secondary N) is 1. The van der Waals surface area contributed by atoms with Crippen molar-refractivity contribution < 1.29 is 14.7 Å². The third-order valence-corrected chi connectivity index (χ3v) is 3.86. The minimum atomic E-state index is -0.892. The van der Waals surface area contributed by atoms with Gasteiger partial charge in [-0.1, -0.05) is 32.0 Å². The van der Waals surface area contributed by atoms with E-state index in [4.69, 9.17) is 0 Å². The number of benzene rings is 1. The van der Waals surface area contributed by atoms with Crippen molar-refractivity contribution in [2.45, 2.75) is 39.2 Å². The molecule has 0 fully saturated rings. The highest BCUT2D eigenvalue weighted by molar-refractivity contribution is 5.95. The number of rotatable bonds is 6. The lowest BCUT2D eigenvalue weighted by Gasteiger charge is -2.36. The second-order valence-electron chi connectivity index (χ2n) is 4.74. The minimum absolute atomic E-state index is 0.225. The number of amides is 1. The molecule has 104 valence electrons. The molecule has 1 amide bonds. The molecule has 4 heteroatoms. The first-order valence-electron chi connectivity index (χ1n) is 6.57. The molecule has 0 aliphatic carbocycles. The van der Waals surface area contributed by atoms with Gasteiger partial charge in [-0.15, -0.1) is 0 Å². The predicted molar refractivity (Wildman–Crippen MR) is 74.0 cm³/mol. The zero-order valence-corrected chi connectivity index (χ0v) is 11.6. The fourth-order valence-corrected chi connectivity index (χ4v) is 2.27. The highest BCUT2D eigenvalue weighted by atomic mass is 16.4. The first kappa shape index (κ1) is 15.2. The maximum atomic E-state index is 12.2. The molecule has 1 aromatic carbocycles. The molecule has 1 aromatic rings. The summed E-state index contributed by atoms with van der Waals surface area (Å²) in [6.07, 6.45) is 1.16. The van der Waals surface area contributed by atoms with Crippen molar-refractivity contribution in [1.82, 2.24) is 5.32 Å². The lowest BCUT2D eigenvalue weighted by atomic mass is 9.80. The molecule has 0 radical (unpaired) electrons. The lowest BCUT2D eigenvalue weighted by molar-refractivity contribution is -0.144. The highest BCUT2D eigenvalue weighted by Crippen LogP contribution is 2.26. The van der Waals surface area contributed by atoms with Crippen LogP contribution in [0, 0.1) is 5.92 Å². The number of carbonyl (C=O) groups is 2. The summed E-state index contributed by atoms with van der Waals surface area (Å²) in [6, 6.07) is 8.85. The maximum Gasteiger partial charge on any atom is 0.308 e. The largest absolute Gasteiger partial charge is 0.481 e. The van der Waals surface area contributed by atoms with E-state index >= 15 is 0 Å². The number of carbonyl (C=O) groups excluding carboxylic acids is 1. The van der Waals surface area contributed by atoms with E-state index in [-0.39, 0.29) is 5.91 Å². The highest BCUT2D eigenvalue weighted by Gasteiger charge is 2.38. The Hall–Kier alpha value is -1.84. The molecule has 1 rings (SSSR count). The van der Waals surface area contributed by atoms with Crippen molar-refractivity contribution >= 4 is 11.9 Å². The standard InChI is InChI=1S/C15H21NO3/c1-4-15(5-2,11(3)14(18)19)16-13(17)12-9-7-6-8-10-12/h6-11H,4-5H2,1-3H3,(H,16,17)(H,18,19). The van der Waals surface area contributed by atoms with Crippen molar-refractivity contribution in [2.75, 3.05) is 0 Å². The lowest BCUT2D eigenvalue weighted by Crippen LogP contribution is -2.54. The molecule has 0 aliphatic rings. The quantitative estimate of drug-likeness (QED) is 0.829. The van der Waals surface area contributed by atoms with E-state index in [0.717, 1.165) is 0 Å². The first-order chi connectivity index (χ1) is 8.96. The monoisotopic (exact) mass is 263 g/mol. The van der Waals surface area contributed by atoms with E-state index in [1.807, 2.05) is 19.9 Å². The summed E-state index contributed by atoms with van der Waals surface area (Å²) in [4.78, 5) is 23.4. The van der Waals surface area contributed by atoms with Gasteiger partial charge in [-0.2, -0.15) is 0 Å². The van der Waals surface area contributed by atoms with Crippen LogP contribution in [0.15, 0.2) is 30.3 Å². The van der Waals surface area contributed by atoms with E-state index in [1.165, 1.54) is 0 Å². The van der Waals surface area contributed by atoms with Gasteiger partial charge in [0.05, 0.1) is 11.5 Å². The number of carboxylic acids is 1. The van der Waals surface area contributed by atoms with Crippen LogP contribution in [-0.4, -0.2) is 22.5 Å². The Balaban J connectivity index is 2.96. The van der Waals surface area contributed by atoms with Gasteiger partial charge in [0.15, 0.2) is 0 Å². The van der Waals surface area contributed by atoms with Crippen LogP contribution in [0.4, 0.5) is 0 Å². The van der Waals surface area contributed by atoms with Gasteiger partial charge in [0.1, 0.15) is 0 Å². The smallest absolute Gasteiger partial charge is 0.308 e. The normalized spacial score (nSPS) is 12.8. The van der Waals surface area contributed by atoms with E-state index in [1.54, 1.807) is 31.2 Å². The van der Waals surface area contributed by atoms with Crippen LogP contribution in [0.2, 0.25) is 0 Å². The molecule has 4 nitrogen and oxygen atoms in total. The molecule has 2 N–H and O–H groups in total. The van der Waals surface area contributed by atoms with E-state index in [0.29, 0.717) is 18.4 Å². The Morgan fingerprint density at radius 2 is 1.74 bits per heavy atom. The van der Waals surface area contributed by atoms with Gasteiger partial charge in [0, 0.05) is 5.56 Å². The third-order valence-electron chi connectivity index (χ3n) is 3.86. The Bertz CT molecular complexity index is 438. The minimum Gasteiger partial charge on any atom is -0.481 e. The Morgan fingerprint density at radius 1 is 1.21 bits per heavy atom. The molecule has 0 aliphatic heterocycles. The molecule has 1 unspecified atom stereocenters. The van der Waals surface area contributed by atoms with Crippen molar-refractivity contribution in [2.24, 2.45) is 5.92 Å². The van der Waals surface area contributed by atoms with Crippen LogP contribution < -0.4 is 5.32 Å². The average molecular weight is 263 g/mol. The van der Waals surface area contributed by atoms with Crippen LogP contribution in [0.25, 0.3) is 0 Å². The maximum absolute atomic E-state index is 12.2. The second kappa shape index (κ2) is 6.36. The zero-order valence-electron chi connectivity index (χ0n) is 11.6. The fraction of sp³-hybridized carbons (Fsp3) is 0.467. The van der Waals surface area contributed by atoms with Crippen molar-refractivity contribution in [3.63, 3.8) is 0 Å². The van der Waals surface area contributed by atoms with Gasteiger partial charge in [0.2, 0.25) is 0 Å². The molecule has 0 saturated heterocycles. The van der Waals surface area contributed by atoms with Gasteiger partial charge in [-0.3, -0.25) is 9.59 Å². The van der Waals surface area contributed by atoms with E-state index in [2.05, 4.69) is 5.32 Å². The van der Waals surface area contributed by atoms with Crippen LogP contribution in [-0.2, 0) is 4.79 Å². The number of hydrogen-bond acceptors (Lipinski definition) is 2. The zero-order chi connectivity index (χ0) is 14.5. The summed E-state index contributed by atoms with van der Waals surface area (Å²) < 4.78 is 0. The molecule has 0 saturated carbocycles. The van der Waals surface area contributed by atoms with Crippen molar-refractivity contribution in [1.29, 1.82) is 0 Å². The molecule has 0 bridgehead atoms. The summed E-state index contributed by atoms with van der Waals surface area (Å²) in [7, 11) is 0. The first-order valence-corrected chi connectivity index (χ1v) is 6.57. The molecular formula is C15H21NO3. The summed E-state index contributed by atoms with van der Waals surface area (Å²) in [5, 5.41) is 12.1. The number of hydrogen-bond donors (Lipinski definition) is 2. The predicted octanol–water partition coefficient (Wildman–Crippen LogP) is 2.70. The average Bonchev–Trinajstić information content (AvgIpc) is 2.44. The van der Waals surface area contributed by atoms with Crippen molar-refractivity contribution in [3.05, 3.63) is 35.9 Å². The van der Waals surface area contributed by atoms with Crippen LogP contribution >= 0.6 is 0 Å². The third kappa shape index (κ3) is 3.34. The molecule has 0 heterocycles. The van der Waals surface area contributed by atoms with Gasteiger partial charge in [-0.05, 0) is 31.9 Å². The SMILES string of the molecule is CCC(CC)(NC(=O)c1ccccc1)C(C)C(=O)O. The number of aliphatic carboxylic acids is 1.